The molecule has 134 valence electrons. The molecular weight excluding hydrogens is 300 g/mol. The highest BCUT2D eigenvalue weighted by Gasteiger charge is 2.34. The fourth-order valence-electron chi connectivity index (χ4n) is 2.22. The highest BCUT2D eigenvalue weighted by molar-refractivity contribution is 5.77. The first-order valence-corrected chi connectivity index (χ1v) is 8.03. The number of amides is 2. The van der Waals surface area contributed by atoms with Crippen LogP contribution in [0.25, 0.3) is 0 Å². The summed E-state index contributed by atoms with van der Waals surface area (Å²) < 4.78 is 16.0. The molecule has 0 aromatic heterocycles. The Morgan fingerprint density at radius 1 is 1.22 bits per heavy atom. The Kier molecular flexibility index (Phi) is 7.28. The molecule has 0 aromatic rings. The molecule has 0 aromatic carbocycles. The predicted molar refractivity (Wildman–Crippen MR) is 86.3 cm³/mol. The van der Waals surface area contributed by atoms with E-state index in [-0.39, 0.29) is 18.6 Å². The maximum absolute atomic E-state index is 12.0. The summed E-state index contributed by atoms with van der Waals surface area (Å²) in [6.45, 7) is 9.64. The molecule has 7 heteroatoms. The van der Waals surface area contributed by atoms with Crippen molar-refractivity contribution >= 4 is 12.0 Å². The van der Waals surface area contributed by atoms with Gasteiger partial charge in [-0.05, 0) is 40.5 Å². The summed E-state index contributed by atoms with van der Waals surface area (Å²) >= 11 is 0. The van der Waals surface area contributed by atoms with Crippen LogP contribution >= 0.6 is 0 Å². The van der Waals surface area contributed by atoms with Crippen molar-refractivity contribution in [3.63, 3.8) is 0 Å². The van der Waals surface area contributed by atoms with Crippen LogP contribution < -0.4 is 5.32 Å². The zero-order valence-corrected chi connectivity index (χ0v) is 14.9. The summed E-state index contributed by atoms with van der Waals surface area (Å²) in [6.07, 6.45) is 1.06. The van der Waals surface area contributed by atoms with Crippen molar-refractivity contribution in [1.29, 1.82) is 0 Å². The second kappa shape index (κ2) is 8.49. The van der Waals surface area contributed by atoms with Crippen LogP contribution in [-0.4, -0.2) is 68.1 Å². The van der Waals surface area contributed by atoms with Crippen molar-refractivity contribution in [2.45, 2.75) is 51.7 Å². The number of methoxy groups -OCH3 is 1. The number of hydrogen-bond donors (Lipinski definition) is 1. The van der Waals surface area contributed by atoms with Crippen LogP contribution in [0.3, 0.4) is 0 Å². The fourth-order valence-corrected chi connectivity index (χ4v) is 2.22. The minimum atomic E-state index is -0.491. The second-order valence-electron chi connectivity index (χ2n) is 7.05. The lowest BCUT2D eigenvalue weighted by molar-refractivity contribution is -0.136. The Labute approximate surface area is 138 Å². The van der Waals surface area contributed by atoms with Crippen LogP contribution in [0.1, 0.15) is 40.5 Å². The first kappa shape index (κ1) is 19.7. The van der Waals surface area contributed by atoms with E-state index in [1.807, 2.05) is 27.7 Å². The van der Waals surface area contributed by atoms with E-state index in [0.29, 0.717) is 39.1 Å². The highest BCUT2D eigenvalue weighted by atomic mass is 16.6. The van der Waals surface area contributed by atoms with Gasteiger partial charge in [0.25, 0.3) is 0 Å². The van der Waals surface area contributed by atoms with Crippen LogP contribution in [0.15, 0.2) is 0 Å². The number of carbonyl (C=O) groups is 2. The normalized spacial score (nSPS) is 17.7. The number of nitrogens with one attached hydrogen (secondary N) is 1. The molecular formula is C16H30N2O5. The average molecular weight is 330 g/mol. The SMILES string of the molecule is COCCNC(=O)COC1(C)CCN(C(=O)OC(C)(C)C)CC1. The summed E-state index contributed by atoms with van der Waals surface area (Å²) in [6, 6.07) is 0. The molecule has 1 aliphatic rings. The van der Waals surface area contributed by atoms with E-state index >= 15 is 0 Å². The Morgan fingerprint density at radius 2 is 1.83 bits per heavy atom. The van der Waals surface area contributed by atoms with Gasteiger partial charge < -0.3 is 24.4 Å². The number of likely N-dealkylation sites (tertiary alicyclic amines) is 1. The number of nitrogens with zero attached hydrogens (tertiary/aromatic N) is 1. The summed E-state index contributed by atoms with van der Waals surface area (Å²) in [4.78, 5) is 25.4. The molecule has 1 saturated heterocycles. The lowest BCUT2D eigenvalue weighted by atomic mass is 9.93. The number of hydrogen-bond acceptors (Lipinski definition) is 5. The van der Waals surface area contributed by atoms with Gasteiger partial charge in [0.15, 0.2) is 0 Å². The minimum absolute atomic E-state index is 0.0205. The molecule has 7 nitrogen and oxygen atoms in total. The van der Waals surface area contributed by atoms with Gasteiger partial charge in [0.05, 0.1) is 12.2 Å². The Hall–Kier alpha value is -1.34. The molecule has 0 unspecified atom stereocenters. The van der Waals surface area contributed by atoms with Crippen molar-refractivity contribution in [2.24, 2.45) is 0 Å². The summed E-state index contributed by atoms with van der Waals surface area (Å²) in [5, 5.41) is 2.72. The molecule has 1 fully saturated rings. The number of piperidine rings is 1. The molecule has 23 heavy (non-hydrogen) atoms. The molecule has 0 atom stereocenters. The van der Waals surface area contributed by atoms with Gasteiger partial charge in [-0.2, -0.15) is 0 Å². The van der Waals surface area contributed by atoms with Gasteiger partial charge in [-0.3, -0.25) is 4.79 Å². The minimum Gasteiger partial charge on any atom is -0.444 e. The standard InChI is InChI=1S/C16H30N2O5/c1-15(2,3)23-14(20)18-9-6-16(4,7-10-18)22-12-13(19)17-8-11-21-5/h6-12H2,1-5H3,(H,17,19). The van der Waals surface area contributed by atoms with E-state index in [1.54, 1.807) is 12.0 Å². The van der Waals surface area contributed by atoms with Gasteiger partial charge in [-0.25, -0.2) is 4.79 Å². The van der Waals surface area contributed by atoms with E-state index in [0.717, 1.165) is 0 Å². The smallest absolute Gasteiger partial charge is 0.410 e. The molecule has 0 bridgehead atoms. The third-order valence-electron chi connectivity index (χ3n) is 3.65. The van der Waals surface area contributed by atoms with Crippen LogP contribution in [0.4, 0.5) is 4.79 Å². The van der Waals surface area contributed by atoms with E-state index in [9.17, 15) is 9.59 Å². The molecule has 1 rings (SSSR count). The first-order valence-electron chi connectivity index (χ1n) is 8.03. The third-order valence-corrected chi connectivity index (χ3v) is 3.65. The molecule has 0 spiro atoms. The zero-order chi connectivity index (χ0) is 17.5. The number of ether oxygens (including phenoxy) is 3. The monoisotopic (exact) mass is 330 g/mol. The molecule has 2 amide bonds. The van der Waals surface area contributed by atoms with Crippen LogP contribution in [-0.2, 0) is 19.0 Å². The quantitative estimate of drug-likeness (QED) is 0.748. The van der Waals surface area contributed by atoms with Crippen LogP contribution in [0.5, 0.6) is 0 Å². The largest absolute Gasteiger partial charge is 0.444 e. The molecule has 0 saturated carbocycles. The second-order valence-corrected chi connectivity index (χ2v) is 7.05. The molecule has 1 heterocycles. The zero-order valence-electron chi connectivity index (χ0n) is 14.9. The Bertz CT molecular complexity index is 398. The number of carbonyl (C=O) groups excluding carboxylic acids is 2. The van der Waals surface area contributed by atoms with Crippen molar-refractivity contribution in [1.82, 2.24) is 10.2 Å². The average Bonchev–Trinajstić information content (AvgIpc) is 2.44. The van der Waals surface area contributed by atoms with Gasteiger partial charge >= 0.3 is 6.09 Å². The third kappa shape index (κ3) is 7.65. The van der Waals surface area contributed by atoms with E-state index in [1.165, 1.54) is 0 Å². The Balaban J connectivity index is 2.33. The van der Waals surface area contributed by atoms with Gasteiger partial charge in [-0.1, -0.05) is 0 Å². The van der Waals surface area contributed by atoms with Gasteiger partial charge in [-0.15, -0.1) is 0 Å². The van der Waals surface area contributed by atoms with E-state index in [2.05, 4.69) is 5.32 Å². The first-order chi connectivity index (χ1) is 10.7. The topological polar surface area (TPSA) is 77.1 Å². The fraction of sp³-hybridized carbons (Fsp3) is 0.875. The lowest BCUT2D eigenvalue weighted by Crippen LogP contribution is -2.48. The van der Waals surface area contributed by atoms with Crippen molar-refractivity contribution in [3.8, 4) is 0 Å². The highest BCUT2D eigenvalue weighted by Crippen LogP contribution is 2.26. The van der Waals surface area contributed by atoms with Gasteiger partial charge in [0.2, 0.25) is 5.91 Å². The summed E-state index contributed by atoms with van der Waals surface area (Å²) in [5.74, 6) is -0.155. The molecule has 0 aliphatic carbocycles. The molecule has 1 N–H and O–H groups in total. The maximum Gasteiger partial charge on any atom is 0.410 e. The summed E-state index contributed by atoms with van der Waals surface area (Å²) in [5.41, 5.74) is -0.883. The molecule has 0 radical (unpaired) electrons. The lowest BCUT2D eigenvalue weighted by Gasteiger charge is -2.39. The van der Waals surface area contributed by atoms with E-state index in [4.69, 9.17) is 14.2 Å². The number of rotatable bonds is 6. The maximum atomic E-state index is 12.0. The van der Waals surface area contributed by atoms with Crippen molar-refractivity contribution < 1.29 is 23.8 Å². The van der Waals surface area contributed by atoms with Crippen LogP contribution in [0.2, 0.25) is 0 Å². The van der Waals surface area contributed by atoms with Gasteiger partial charge in [0.1, 0.15) is 12.2 Å². The predicted octanol–water partition coefficient (Wildman–Crippen LogP) is 1.56. The Morgan fingerprint density at radius 3 is 2.35 bits per heavy atom. The van der Waals surface area contributed by atoms with Crippen molar-refractivity contribution in [3.05, 3.63) is 0 Å². The van der Waals surface area contributed by atoms with Crippen LogP contribution in [0, 0.1) is 0 Å². The van der Waals surface area contributed by atoms with E-state index < -0.39 is 11.2 Å². The van der Waals surface area contributed by atoms with Crippen molar-refractivity contribution in [2.75, 3.05) is 40.0 Å². The molecule has 1 aliphatic heterocycles. The van der Waals surface area contributed by atoms with Gasteiger partial charge in [0, 0.05) is 26.7 Å². The summed E-state index contributed by atoms with van der Waals surface area (Å²) in [7, 11) is 1.59.